The molecule has 0 aliphatic heterocycles. The second-order valence-corrected chi connectivity index (χ2v) is 5.49. The smallest absolute Gasteiger partial charge is 0.153 e. The van der Waals surface area contributed by atoms with Crippen LogP contribution in [0.15, 0.2) is 12.1 Å². The quantitative estimate of drug-likeness (QED) is 0.773. The van der Waals surface area contributed by atoms with Gasteiger partial charge in [-0.05, 0) is 23.0 Å². The van der Waals surface area contributed by atoms with Crippen LogP contribution in [0.25, 0.3) is 0 Å². The van der Waals surface area contributed by atoms with Crippen molar-refractivity contribution in [3.05, 3.63) is 28.8 Å². The van der Waals surface area contributed by atoms with Crippen molar-refractivity contribution in [1.82, 2.24) is 0 Å². The van der Waals surface area contributed by atoms with Crippen molar-refractivity contribution in [3.63, 3.8) is 0 Å². The van der Waals surface area contributed by atoms with Gasteiger partial charge in [0, 0.05) is 5.56 Å². The van der Waals surface area contributed by atoms with Gasteiger partial charge in [0.05, 0.1) is 5.56 Å². The van der Waals surface area contributed by atoms with E-state index in [9.17, 15) is 9.90 Å². The molecule has 1 rings (SSSR count). The molecule has 0 aliphatic carbocycles. The Morgan fingerprint density at radius 3 is 2.19 bits per heavy atom. The van der Waals surface area contributed by atoms with Crippen molar-refractivity contribution >= 4 is 6.29 Å². The molecule has 0 aliphatic rings. The molecule has 1 N–H and O–H groups in total. The third-order valence-electron chi connectivity index (χ3n) is 2.74. The number of carbonyl (C=O) groups is 1. The van der Waals surface area contributed by atoms with E-state index >= 15 is 0 Å². The molecule has 2 heteroatoms. The molecule has 0 saturated heterocycles. The Morgan fingerprint density at radius 2 is 1.81 bits per heavy atom. The van der Waals surface area contributed by atoms with Crippen LogP contribution in [0.1, 0.15) is 62.0 Å². The zero-order valence-electron chi connectivity index (χ0n) is 10.7. The molecular weight excluding hydrogens is 200 g/mol. The highest BCUT2D eigenvalue weighted by Gasteiger charge is 2.24. The lowest BCUT2D eigenvalue weighted by molar-refractivity contribution is 0.112. The molecule has 1 aromatic carbocycles. The Balaban J connectivity index is 3.56. The number of hydrogen-bond acceptors (Lipinski definition) is 2. The molecular formula is C14H20O2. The van der Waals surface area contributed by atoms with E-state index in [1.165, 1.54) is 0 Å². The highest BCUT2D eigenvalue weighted by Crippen LogP contribution is 2.38. The maximum absolute atomic E-state index is 10.8. The normalized spacial score (nSPS) is 11.9. The number of hydrogen-bond donors (Lipinski definition) is 1. The van der Waals surface area contributed by atoms with Gasteiger partial charge in [0.1, 0.15) is 5.75 Å². The maximum Gasteiger partial charge on any atom is 0.153 e. The van der Waals surface area contributed by atoms with E-state index in [4.69, 9.17) is 0 Å². The summed E-state index contributed by atoms with van der Waals surface area (Å²) in [6, 6.07) is 3.63. The zero-order chi connectivity index (χ0) is 12.5. The Hall–Kier alpha value is -1.31. The monoisotopic (exact) mass is 220 g/mol. The van der Waals surface area contributed by atoms with E-state index < -0.39 is 0 Å². The predicted molar refractivity (Wildman–Crippen MR) is 66.3 cm³/mol. The van der Waals surface area contributed by atoms with Gasteiger partial charge in [-0.25, -0.2) is 0 Å². The average Bonchev–Trinajstić information content (AvgIpc) is 2.14. The lowest BCUT2D eigenvalue weighted by Crippen LogP contribution is -2.16. The minimum Gasteiger partial charge on any atom is -0.507 e. The fraction of sp³-hybridized carbons (Fsp3) is 0.500. The topological polar surface area (TPSA) is 37.3 Å². The first-order chi connectivity index (χ1) is 7.29. The van der Waals surface area contributed by atoms with Gasteiger partial charge in [-0.3, -0.25) is 4.79 Å². The maximum atomic E-state index is 10.8. The number of phenols is 1. The Labute approximate surface area is 97.3 Å². The minimum atomic E-state index is -0.164. The van der Waals surface area contributed by atoms with Crippen LogP contribution in [0.5, 0.6) is 5.75 Å². The van der Waals surface area contributed by atoms with Crippen LogP contribution in [-0.2, 0) is 5.41 Å². The molecule has 1 aromatic rings. The van der Waals surface area contributed by atoms with Gasteiger partial charge in [-0.1, -0.05) is 40.7 Å². The van der Waals surface area contributed by atoms with Gasteiger partial charge in [-0.15, -0.1) is 0 Å². The number of benzene rings is 1. The minimum absolute atomic E-state index is 0.133. The van der Waals surface area contributed by atoms with Crippen molar-refractivity contribution in [2.24, 2.45) is 0 Å². The first-order valence-corrected chi connectivity index (χ1v) is 5.60. The Kier molecular flexibility index (Phi) is 3.41. The summed E-state index contributed by atoms with van der Waals surface area (Å²) in [6.45, 7) is 10.3. The first-order valence-electron chi connectivity index (χ1n) is 5.60. The molecule has 0 bridgehead atoms. The largest absolute Gasteiger partial charge is 0.507 e. The second-order valence-electron chi connectivity index (χ2n) is 5.49. The first kappa shape index (κ1) is 12.8. The number of phenolic OH excluding ortho intramolecular Hbond substituents is 1. The third-order valence-corrected chi connectivity index (χ3v) is 2.74. The number of rotatable bonds is 2. The van der Waals surface area contributed by atoms with Gasteiger partial charge in [0.15, 0.2) is 6.29 Å². The van der Waals surface area contributed by atoms with Gasteiger partial charge in [0.25, 0.3) is 0 Å². The molecule has 0 unspecified atom stereocenters. The summed E-state index contributed by atoms with van der Waals surface area (Å²) in [4.78, 5) is 10.8. The summed E-state index contributed by atoms with van der Waals surface area (Å²) in [6.07, 6.45) is 0.703. The van der Waals surface area contributed by atoms with E-state index in [0.717, 1.165) is 11.1 Å². The van der Waals surface area contributed by atoms with Gasteiger partial charge in [-0.2, -0.15) is 0 Å². The van der Waals surface area contributed by atoms with Crippen molar-refractivity contribution in [1.29, 1.82) is 0 Å². The van der Waals surface area contributed by atoms with Crippen LogP contribution in [0, 0.1) is 0 Å². The van der Waals surface area contributed by atoms with Crippen LogP contribution in [0.2, 0.25) is 0 Å². The Bertz CT molecular complexity index is 398. The van der Waals surface area contributed by atoms with Crippen molar-refractivity contribution < 1.29 is 9.90 Å². The number of aldehydes is 1. The SMILES string of the molecule is CC(C)c1ccc(C=O)c(O)c1C(C)(C)C. The van der Waals surface area contributed by atoms with Crippen molar-refractivity contribution in [2.45, 2.75) is 46.0 Å². The van der Waals surface area contributed by atoms with Crippen LogP contribution in [-0.4, -0.2) is 11.4 Å². The highest BCUT2D eigenvalue weighted by molar-refractivity contribution is 5.80. The molecule has 0 heterocycles. The van der Waals surface area contributed by atoms with Crippen LogP contribution in [0.4, 0.5) is 0 Å². The van der Waals surface area contributed by atoms with E-state index in [1.807, 2.05) is 26.8 Å². The summed E-state index contributed by atoms with van der Waals surface area (Å²) < 4.78 is 0. The number of aromatic hydroxyl groups is 1. The molecule has 16 heavy (non-hydrogen) atoms. The summed E-state index contributed by atoms with van der Waals surface area (Å²) in [5.41, 5.74) is 2.19. The summed E-state index contributed by atoms with van der Waals surface area (Å²) >= 11 is 0. The van der Waals surface area contributed by atoms with E-state index in [-0.39, 0.29) is 11.2 Å². The second kappa shape index (κ2) is 4.28. The molecule has 0 atom stereocenters. The standard InChI is InChI=1S/C14H20O2/c1-9(2)11-7-6-10(8-15)13(16)12(11)14(3,4)5/h6-9,16H,1-5H3. The Morgan fingerprint density at radius 1 is 1.25 bits per heavy atom. The lowest BCUT2D eigenvalue weighted by Gasteiger charge is -2.26. The zero-order valence-corrected chi connectivity index (χ0v) is 10.7. The molecule has 0 fully saturated rings. The molecule has 0 amide bonds. The average molecular weight is 220 g/mol. The lowest BCUT2D eigenvalue weighted by atomic mass is 9.79. The number of carbonyl (C=O) groups excluding carboxylic acids is 1. The molecule has 2 nitrogen and oxygen atoms in total. The summed E-state index contributed by atoms with van der Waals surface area (Å²) in [5.74, 6) is 0.467. The fourth-order valence-corrected chi connectivity index (χ4v) is 1.99. The van der Waals surface area contributed by atoms with Gasteiger partial charge < -0.3 is 5.11 Å². The molecule has 0 spiro atoms. The predicted octanol–water partition coefficient (Wildman–Crippen LogP) is 3.63. The summed E-state index contributed by atoms with van der Waals surface area (Å²) in [7, 11) is 0. The molecule has 0 radical (unpaired) electrons. The van der Waals surface area contributed by atoms with E-state index in [2.05, 4.69) is 13.8 Å². The van der Waals surface area contributed by atoms with Gasteiger partial charge in [0.2, 0.25) is 0 Å². The van der Waals surface area contributed by atoms with Crippen molar-refractivity contribution in [2.75, 3.05) is 0 Å². The van der Waals surface area contributed by atoms with Crippen LogP contribution >= 0.6 is 0 Å². The highest BCUT2D eigenvalue weighted by atomic mass is 16.3. The molecule has 0 aromatic heterocycles. The van der Waals surface area contributed by atoms with Crippen LogP contribution in [0.3, 0.4) is 0 Å². The fourth-order valence-electron chi connectivity index (χ4n) is 1.99. The van der Waals surface area contributed by atoms with Gasteiger partial charge >= 0.3 is 0 Å². The van der Waals surface area contributed by atoms with Crippen molar-refractivity contribution in [3.8, 4) is 5.75 Å². The van der Waals surface area contributed by atoms with Crippen LogP contribution < -0.4 is 0 Å². The van der Waals surface area contributed by atoms with E-state index in [1.54, 1.807) is 6.07 Å². The molecule has 0 saturated carbocycles. The summed E-state index contributed by atoms with van der Waals surface area (Å²) in [5, 5.41) is 10.1. The van der Waals surface area contributed by atoms with E-state index in [0.29, 0.717) is 17.8 Å². The molecule has 88 valence electrons. The third kappa shape index (κ3) is 2.26.